The van der Waals surface area contributed by atoms with E-state index in [2.05, 4.69) is 22.2 Å². The molecular formula is C24H28ClN3O2. The van der Waals surface area contributed by atoms with Crippen LogP contribution in [0.3, 0.4) is 0 Å². The number of fused-ring (bicyclic) bond motifs is 1. The second kappa shape index (κ2) is 9.63. The van der Waals surface area contributed by atoms with Gasteiger partial charge in [0.1, 0.15) is 0 Å². The Labute approximate surface area is 182 Å². The van der Waals surface area contributed by atoms with E-state index in [9.17, 15) is 9.59 Å². The molecule has 0 radical (unpaired) electrons. The van der Waals surface area contributed by atoms with Crippen LogP contribution in [0.5, 0.6) is 0 Å². The fraction of sp³-hybridized carbons (Fsp3) is 0.417. The predicted octanol–water partition coefficient (Wildman–Crippen LogP) is 3.66. The van der Waals surface area contributed by atoms with E-state index in [0.717, 1.165) is 43.2 Å². The SMILES string of the molecule is O=C(NCCc1ccc(Cl)cc1)c1cccc(CC2NNC(=O)C3CCCCC23)c1. The smallest absolute Gasteiger partial charge is 0.251 e. The highest BCUT2D eigenvalue weighted by Crippen LogP contribution is 2.35. The van der Waals surface area contributed by atoms with E-state index in [0.29, 0.717) is 23.0 Å². The molecule has 0 bridgehead atoms. The molecule has 3 N–H and O–H groups in total. The molecule has 3 atom stereocenters. The van der Waals surface area contributed by atoms with Crippen molar-refractivity contribution in [3.05, 3.63) is 70.2 Å². The Balaban J connectivity index is 1.34. The van der Waals surface area contributed by atoms with Gasteiger partial charge in [-0.1, -0.05) is 48.7 Å². The van der Waals surface area contributed by atoms with Crippen molar-refractivity contribution in [2.24, 2.45) is 11.8 Å². The summed E-state index contributed by atoms with van der Waals surface area (Å²) in [6.07, 6.45) is 5.94. The van der Waals surface area contributed by atoms with Crippen molar-refractivity contribution in [1.29, 1.82) is 0 Å². The molecule has 2 amide bonds. The number of carbonyl (C=O) groups excluding carboxylic acids is 2. The molecule has 5 nitrogen and oxygen atoms in total. The van der Waals surface area contributed by atoms with E-state index >= 15 is 0 Å². The molecule has 1 aliphatic carbocycles. The lowest BCUT2D eigenvalue weighted by atomic mass is 9.72. The molecule has 1 aliphatic heterocycles. The molecule has 1 saturated carbocycles. The van der Waals surface area contributed by atoms with Crippen LogP contribution >= 0.6 is 11.6 Å². The number of amides is 2. The molecule has 2 aromatic carbocycles. The first kappa shape index (κ1) is 20.9. The van der Waals surface area contributed by atoms with Crippen LogP contribution in [-0.2, 0) is 17.6 Å². The minimum atomic E-state index is -0.0636. The minimum absolute atomic E-state index is 0.0636. The molecule has 30 heavy (non-hydrogen) atoms. The summed E-state index contributed by atoms with van der Waals surface area (Å²) < 4.78 is 0. The van der Waals surface area contributed by atoms with Crippen molar-refractivity contribution in [1.82, 2.24) is 16.2 Å². The molecular weight excluding hydrogens is 398 g/mol. The Morgan fingerprint density at radius 2 is 1.87 bits per heavy atom. The maximum Gasteiger partial charge on any atom is 0.251 e. The second-order valence-electron chi connectivity index (χ2n) is 8.33. The maximum absolute atomic E-state index is 12.6. The highest BCUT2D eigenvalue weighted by molar-refractivity contribution is 6.30. The second-order valence-corrected chi connectivity index (χ2v) is 8.77. The van der Waals surface area contributed by atoms with Crippen LogP contribution in [-0.4, -0.2) is 24.4 Å². The average molecular weight is 426 g/mol. The van der Waals surface area contributed by atoms with Gasteiger partial charge in [-0.15, -0.1) is 0 Å². The maximum atomic E-state index is 12.6. The summed E-state index contributed by atoms with van der Waals surface area (Å²) in [6, 6.07) is 15.7. The van der Waals surface area contributed by atoms with Gasteiger partial charge in [-0.3, -0.25) is 15.0 Å². The molecule has 2 aliphatic rings. The lowest BCUT2D eigenvalue weighted by molar-refractivity contribution is -0.133. The summed E-state index contributed by atoms with van der Waals surface area (Å²) in [5, 5.41) is 3.71. The van der Waals surface area contributed by atoms with Gasteiger partial charge in [0, 0.05) is 29.1 Å². The van der Waals surface area contributed by atoms with E-state index in [1.54, 1.807) is 0 Å². The van der Waals surface area contributed by atoms with Gasteiger partial charge >= 0.3 is 0 Å². The van der Waals surface area contributed by atoms with E-state index in [1.165, 1.54) is 6.42 Å². The third-order valence-corrected chi connectivity index (χ3v) is 6.56. The van der Waals surface area contributed by atoms with Gasteiger partial charge in [0.25, 0.3) is 5.91 Å². The van der Waals surface area contributed by atoms with Gasteiger partial charge in [-0.2, -0.15) is 0 Å². The molecule has 3 unspecified atom stereocenters. The largest absolute Gasteiger partial charge is 0.352 e. The fourth-order valence-electron chi connectivity index (χ4n) is 4.70. The zero-order valence-corrected chi connectivity index (χ0v) is 17.8. The molecule has 2 aromatic rings. The van der Waals surface area contributed by atoms with Crippen LogP contribution < -0.4 is 16.2 Å². The number of hydrazine groups is 1. The van der Waals surface area contributed by atoms with Crippen molar-refractivity contribution in [3.63, 3.8) is 0 Å². The lowest BCUT2D eigenvalue weighted by Gasteiger charge is -2.41. The molecule has 6 heteroatoms. The van der Waals surface area contributed by atoms with E-state index in [4.69, 9.17) is 11.6 Å². The summed E-state index contributed by atoms with van der Waals surface area (Å²) in [5.41, 5.74) is 8.99. The Hall–Kier alpha value is -2.37. The van der Waals surface area contributed by atoms with Crippen molar-refractivity contribution in [3.8, 4) is 0 Å². The number of hydrogen-bond acceptors (Lipinski definition) is 3. The van der Waals surface area contributed by atoms with E-state index in [-0.39, 0.29) is 23.8 Å². The van der Waals surface area contributed by atoms with Gasteiger partial charge in [-0.05, 0) is 67.0 Å². The predicted molar refractivity (Wildman–Crippen MR) is 118 cm³/mol. The van der Waals surface area contributed by atoms with Crippen molar-refractivity contribution < 1.29 is 9.59 Å². The Morgan fingerprint density at radius 3 is 2.70 bits per heavy atom. The van der Waals surface area contributed by atoms with E-state index in [1.807, 2.05) is 42.5 Å². The van der Waals surface area contributed by atoms with Crippen LogP contribution in [0, 0.1) is 11.8 Å². The minimum Gasteiger partial charge on any atom is -0.352 e. The summed E-state index contributed by atoms with van der Waals surface area (Å²) in [4.78, 5) is 24.8. The first-order valence-electron chi connectivity index (χ1n) is 10.8. The van der Waals surface area contributed by atoms with Gasteiger partial charge in [0.15, 0.2) is 0 Å². The standard InChI is InChI=1S/C24H28ClN3O2/c25-19-10-8-16(9-11-19)12-13-26-23(29)18-5-3-4-17(14-18)15-22-20-6-1-2-7-21(20)24(30)28-27-22/h3-5,8-11,14,20-22,27H,1-2,6-7,12-13,15H2,(H,26,29)(H,28,30). The number of halogens is 1. The summed E-state index contributed by atoms with van der Waals surface area (Å²) >= 11 is 5.91. The normalized spacial score (nSPS) is 23.4. The monoisotopic (exact) mass is 425 g/mol. The number of nitrogens with one attached hydrogen (secondary N) is 3. The molecule has 2 fully saturated rings. The molecule has 1 heterocycles. The van der Waals surface area contributed by atoms with Crippen LogP contribution in [0.15, 0.2) is 48.5 Å². The van der Waals surface area contributed by atoms with Gasteiger partial charge in [0.05, 0.1) is 0 Å². The highest BCUT2D eigenvalue weighted by Gasteiger charge is 2.39. The zero-order valence-electron chi connectivity index (χ0n) is 17.0. The van der Waals surface area contributed by atoms with E-state index < -0.39 is 0 Å². The van der Waals surface area contributed by atoms with Crippen LogP contribution in [0.4, 0.5) is 0 Å². The van der Waals surface area contributed by atoms with Crippen molar-refractivity contribution >= 4 is 23.4 Å². The lowest BCUT2D eigenvalue weighted by Crippen LogP contribution is -2.60. The highest BCUT2D eigenvalue weighted by atomic mass is 35.5. The Kier molecular flexibility index (Phi) is 6.70. The molecule has 4 rings (SSSR count). The van der Waals surface area contributed by atoms with Crippen molar-refractivity contribution in [2.75, 3.05) is 6.54 Å². The molecule has 1 saturated heterocycles. The van der Waals surface area contributed by atoms with Gasteiger partial charge in [0.2, 0.25) is 5.91 Å². The third kappa shape index (κ3) is 5.02. The first-order valence-corrected chi connectivity index (χ1v) is 11.1. The number of benzene rings is 2. The summed E-state index contributed by atoms with van der Waals surface area (Å²) in [6.45, 7) is 0.574. The third-order valence-electron chi connectivity index (χ3n) is 6.31. The fourth-order valence-corrected chi connectivity index (χ4v) is 4.83. The number of hydrogen-bond donors (Lipinski definition) is 3. The van der Waals surface area contributed by atoms with Crippen molar-refractivity contribution in [2.45, 2.75) is 44.6 Å². The Bertz CT molecular complexity index is 900. The van der Waals surface area contributed by atoms with Crippen LogP contribution in [0.25, 0.3) is 0 Å². The number of carbonyl (C=O) groups is 2. The number of rotatable bonds is 6. The molecule has 158 valence electrons. The summed E-state index contributed by atoms with van der Waals surface area (Å²) in [5.74, 6) is 0.546. The van der Waals surface area contributed by atoms with Gasteiger partial charge in [-0.25, -0.2) is 5.43 Å². The Morgan fingerprint density at radius 1 is 1.07 bits per heavy atom. The summed E-state index contributed by atoms with van der Waals surface area (Å²) in [7, 11) is 0. The zero-order chi connectivity index (χ0) is 20.9. The molecule has 0 spiro atoms. The topological polar surface area (TPSA) is 70.2 Å². The quantitative estimate of drug-likeness (QED) is 0.661. The van der Waals surface area contributed by atoms with Gasteiger partial charge < -0.3 is 5.32 Å². The first-order chi connectivity index (χ1) is 14.6. The van der Waals surface area contributed by atoms with Crippen LogP contribution in [0.2, 0.25) is 5.02 Å². The van der Waals surface area contributed by atoms with Crippen LogP contribution in [0.1, 0.15) is 47.2 Å². The molecule has 0 aromatic heterocycles. The average Bonchev–Trinajstić information content (AvgIpc) is 2.77.